The van der Waals surface area contributed by atoms with Crippen LogP contribution < -0.4 is 9.47 Å². The summed E-state index contributed by atoms with van der Waals surface area (Å²) in [4.78, 5) is 2.43. The van der Waals surface area contributed by atoms with E-state index in [1.165, 1.54) is 15.3 Å². The van der Waals surface area contributed by atoms with Gasteiger partial charge < -0.3 is 9.47 Å². The van der Waals surface area contributed by atoms with Crippen LogP contribution in [0.1, 0.15) is 46.5 Å². The summed E-state index contributed by atoms with van der Waals surface area (Å²) in [7, 11) is 0. The number of benzene rings is 1. The molecule has 4 heterocycles. The number of aryl methyl sites for hydroxylation is 1. The van der Waals surface area contributed by atoms with Crippen molar-refractivity contribution in [2.45, 2.75) is 32.5 Å². The monoisotopic (exact) mass is 396 g/mol. The van der Waals surface area contributed by atoms with Crippen molar-refractivity contribution in [3.63, 3.8) is 0 Å². The Bertz CT molecular complexity index is 994. The number of ether oxygens (including phenoxy) is 2. The summed E-state index contributed by atoms with van der Waals surface area (Å²) in [5, 5.41) is 11.4. The van der Waals surface area contributed by atoms with Gasteiger partial charge in [-0.3, -0.25) is 0 Å². The van der Waals surface area contributed by atoms with Gasteiger partial charge in [-0.1, -0.05) is 18.2 Å². The first-order chi connectivity index (χ1) is 13.3. The van der Waals surface area contributed by atoms with E-state index in [1.54, 1.807) is 22.7 Å². The number of para-hydroxylation sites is 1. The molecule has 0 saturated carbocycles. The van der Waals surface area contributed by atoms with Gasteiger partial charge in [0.25, 0.3) is 0 Å². The second kappa shape index (κ2) is 6.69. The quantitative estimate of drug-likeness (QED) is 0.562. The highest BCUT2D eigenvalue weighted by molar-refractivity contribution is 7.12. The number of fused-ring (bicyclic) bond motifs is 3. The van der Waals surface area contributed by atoms with Gasteiger partial charge in [-0.15, -0.1) is 22.7 Å². The highest BCUT2D eigenvalue weighted by Crippen LogP contribution is 2.51. The number of hydrogen-bond acceptors (Lipinski definition) is 6. The lowest BCUT2D eigenvalue weighted by atomic mass is 9.98. The van der Waals surface area contributed by atoms with Gasteiger partial charge in [0.1, 0.15) is 0 Å². The third kappa shape index (κ3) is 2.75. The van der Waals surface area contributed by atoms with Gasteiger partial charge in [0.15, 0.2) is 11.5 Å². The molecule has 0 amide bonds. The second-order valence-corrected chi connectivity index (χ2v) is 8.56. The first-order valence-electron chi connectivity index (χ1n) is 9.12. The van der Waals surface area contributed by atoms with E-state index in [2.05, 4.69) is 47.0 Å². The van der Waals surface area contributed by atoms with E-state index >= 15 is 0 Å². The van der Waals surface area contributed by atoms with Gasteiger partial charge in [0.05, 0.1) is 28.1 Å². The molecule has 4 nitrogen and oxygen atoms in total. The van der Waals surface area contributed by atoms with Crippen molar-refractivity contribution in [3.05, 3.63) is 68.0 Å². The van der Waals surface area contributed by atoms with Crippen LogP contribution in [0.5, 0.6) is 11.5 Å². The molecule has 0 radical (unpaired) electrons. The Hall–Kier alpha value is -2.31. The SMILES string of the molecule is CCOc1cccc2c1O[C@@H](c1sccc1C)N1N=C(c3cccs3)C[C@@H]21. The van der Waals surface area contributed by atoms with Crippen molar-refractivity contribution < 1.29 is 9.47 Å². The zero-order valence-electron chi connectivity index (χ0n) is 15.2. The van der Waals surface area contributed by atoms with Crippen LogP contribution in [0.2, 0.25) is 0 Å². The van der Waals surface area contributed by atoms with E-state index in [-0.39, 0.29) is 12.3 Å². The van der Waals surface area contributed by atoms with Crippen LogP contribution in [0.25, 0.3) is 0 Å². The van der Waals surface area contributed by atoms with Crippen LogP contribution in [-0.2, 0) is 0 Å². The average molecular weight is 397 g/mol. The number of rotatable bonds is 4. The molecule has 2 aliphatic heterocycles. The fraction of sp³-hybridized carbons (Fsp3) is 0.286. The largest absolute Gasteiger partial charge is 0.490 e. The van der Waals surface area contributed by atoms with Crippen molar-refractivity contribution >= 4 is 28.4 Å². The molecule has 0 spiro atoms. The first-order valence-corrected chi connectivity index (χ1v) is 10.9. The number of hydrogen-bond donors (Lipinski definition) is 0. The molecule has 2 atom stereocenters. The number of thiophene rings is 2. The van der Waals surface area contributed by atoms with E-state index in [4.69, 9.17) is 14.6 Å². The first kappa shape index (κ1) is 16.8. The van der Waals surface area contributed by atoms with Crippen molar-refractivity contribution in [2.24, 2.45) is 5.10 Å². The minimum absolute atomic E-state index is 0.165. The predicted molar refractivity (Wildman–Crippen MR) is 110 cm³/mol. The van der Waals surface area contributed by atoms with Crippen LogP contribution >= 0.6 is 22.7 Å². The summed E-state index contributed by atoms with van der Waals surface area (Å²) >= 11 is 3.46. The minimum Gasteiger partial charge on any atom is -0.490 e. The highest BCUT2D eigenvalue weighted by atomic mass is 32.1. The molecular formula is C21H20N2O2S2. The standard InChI is InChI=1S/C21H20N2O2S2/c1-3-24-17-7-4-6-14-16-12-15(18-8-5-10-26-18)22-23(16)21(25-19(14)17)20-13(2)9-11-27-20/h4-11,16,21H,3,12H2,1-2H3/t16-,21-/m0/s1. The maximum Gasteiger partial charge on any atom is 0.223 e. The van der Waals surface area contributed by atoms with Crippen LogP contribution in [0.15, 0.2) is 52.3 Å². The molecule has 0 aliphatic carbocycles. The minimum atomic E-state index is -0.221. The molecule has 0 bridgehead atoms. The van der Waals surface area contributed by atoms with Gasteiger partial charge in [-0.05, 0) is 48.4 Å². The summed E-state index contributed by atoms with van der Waals surface area (Å²) in [6, 6.07) is 12.7. The fourth-order valence-electron chi connectivity index (χ4n) is 3.75. The molecule has 0 N–H and O–H groups in total. The number of nitrogens with zero attached hydrogens (tertiary/aromatic N) is 2. The van der Waals surface area contributed by atoms with Crippen molar-refractivity contribution in [2.75, 3.05) is 6.61 Å². The Balaban J connectivity index is 1.63. The topological polar surface area (TPSA) is 34.1 Å². The molecule has 5 rings (SSSR count). The van der Waals surface area contributed by atoms with Crippen LogP contribution in [0.4, 0.5) is 0 Å². The Morgan fingerprint density at radius 2 is 2.11 bits per heavy atom. The van der Waals surface area contributed by atoms with Gasteiger partial charge in [-0.2, -0.15) is 5.10 Å². The van der Waals surface area contributed by atoms with E-state index in [9.17, 15) is 0 Å². The Morgan fingerprint density at radius 1 is 1.19 bits per heavy atom. The highest BCUT2D eigenvalue weighted by Gasteiger charge is 2.43. The Labute approximate surface area is 166 Å². The Morgan fingerprint density at radius 3 is 2.85 bits per heavy atom. The smallest absolute Gasteiger partial charge is 0.223 e. The van der Waals surface area contributed by atoms with E-state index in [0.29, 0.717) is 6.61 Å². The molecule has 6 heteroatoms. The van der Waals surface area contributed by atoms with E-state index in [0.717, 1.165) is 29.2 Å². The molecule has 0 unspecified atom stereocenters. The third-order valence-electron chi connectivity index (χ3n) is 5.01. The summed E-state index contributed by atoms with van der Waals surface area (Å²) in [6.07, 6.45) is 0.662. The molecule has 1 aromatic carbocycles. The summed E-state index contributed by atoms with van der Waals surface area (Å²) in [6.45, 7) is 4.75. The van der Waals surface area contributed by atoms with Crippen molar-refractivity contribution in [1.29, 1.82) is 0 Å². The maximum atomic E-state index is 6.53. The van der Waals surface area contributed by atoms with Gasteiger partial charge in [0, 0.05) is 12.0 Å². The molecule has 2 aromatic heterocycles. The van der Waals surface area contributed by atoms with Crippen LogP contribution in [-0.4, -0.2) is 17.3 Å². The van der Waals surface area contributed by atoms with Gasteiger partial charge in [0.2, 0.25) is 6.23 Å². The summed E-state index contributed by atoms with van der Waals surface area (Å²) in [5.41, 5.74) is 3.52. The van der Waals surface area contributed by atoms with E-state index < -0.39 is 0 Å². The van der Waals surface area contributed by atoms with Crippen molar-refractivity contribution in [3.8, 4) is 11.5 Å². The lowest BCUT2D eigenvalue weighted by Crippen LogP contribution is -2.33. The third-order valence-corrected chi connectivity index (χ3v) is 6.98. The fourth-order valence-corrected chi connectivity index (χ4v) is 5.42. The van der Waals surface area contributed by atoms with Crippen molar-refractivity contribution in [1.82, 2.24) is 5.01 Å². The van der Waals surface area contributed by atoms with Gasteiger partial charge in [-0.25, -0.2) is 5.01 Å². The maximum absolute atomic E-state index is 6.53. The summed E-state index contributed by atoms with van der Waals surface area (Å²) < 4.78 is 12.4. The molecule has 0 saturated heterocycles. The van der Waals surface area contributed by atoms with E-state index in [1.807, 2.05) is 19.1 Å². The van der Waals surface area contributed by atoms with Gasteiger partial charge >= 0.3 is 0 Å². The predicted octanol–water partition coefficient (Wildman–Crippen LogP) is 5.76. The molecule has 2 aliphatic rings. The molecule has 0 fully saturated rings. The average Bonchev–Trinajstić information content (AvgIpc) is 3.42. The normalized spacial score (nSPS) is 20.7. The molecule has 27 heavy (non-hydrogen) atoms. The molecular weight excluding hydrogens is 376 g/mol. The molecule has 138 valence electrons. The summed E-state index contributed by atoms with van der Waals surface area (Å²) in [5.74, 6) is 1.68. The molecule has 3 aromatic rings. The van der Waals surface area contributed by atoms with Crippen LogP contribution in [0, 0.1) is 6.92 Å². The number of hydrazone groups is 1. The zero-order chi connectivity index (χ0) is 18.4. The zero-order valence-corrected chi connectivity index (χ0v) is 16.8. The Kier molecular flexibility index (Phi) is 4.17. The lowest BCUT2D eigenvalue weighted by Gasteiger charge is -2.38. The second-order valence-electron chi connectivity index (χ2n) is 6.67. The lowest BCUT2D eigenvalue weighted by molar-refractivity contribution is -0.0191. The van der Waals surface area contributed by atoms with Crippen LogP contribution in [0.3, 0.4) is 0 Å².